The molecular weight excluding hydrogens is 307 g/mol. The van der Waals surface area contributed by atoms with Gasteiger partial charge in [0, 0.05) is 19.1 Å². The molecule has 132 valence electrons. The molecule has 5 heteroatoms. The van der Waals surface area contributed by atoms with Gasteiger partial charge in [-0.1, -0.05) is 31.4 Å². The minimum Gasteiger partial charge on any atom is -0.490 e. The number of piperidine rings is 1. The summed E-state index contributed by atoms with van der Waals surface area (Å²) >= 11 is 0. The predicted octanol–water partition coefficient (Wildman–Crippen LogP) is 3.96. The highest BCUT2D eigenvalue weighted by Gasteiger charge is 2.25. The van der Waals surface area contributed by atoms with Gasteiger partial charge in [0.05, 0.1) is 6.61 Å². The molecule has 1 N–H and O–H groups in total. The van der Waals surface area contributed by atoms with Gasteiger partial charge >= 0.3 is 6.03 Å². The van der Waals surface area contributed by atoms with Crippen LogP contribution in [0.25, 0.3) is 0 Å². The molecule has 1 aliphatic carbocycles. The third kappa shape index (κ3) is 4.62. The number of carbonyl (C=O) groups excluding carboxylic acids is 1. The van der Waals surface area contributed by atoms with E-state index in [1.54, 1.807) is 18.2 Å². The first kappa shape index (κ1) is 17.1. The molecule has 2 aliphatic rings. The molecule has 1 aromatic rings. The molecule has 1 heterocycles. The van der Waals surface area contributed by atoms with Crippen LogP contribution >= 0.6 is 0 Å². The van der Waals surface area contributed by atoms with Gasteiger partial charge in [-0.15, -0.1) is 0 Å². The van der Waals surface area contributed by atoms with Crippen molar-refractivity contribution in [3.05, 3.63) is 30.1 Å². The highest BCUT2D eigenvalue weighted by Crippen LogP contribution is 2.22. The molecule has 0 spiro atoms. The van der Waals surface area contributed by atoms with Gasteiger partial charge in [-0.2, -0.15) is 0 Å². The summed E-state index contributed by atoms with van der Waals surface area (Å²) in [4.78, 5) is 14.2. The minimum absolute atomic E-state index is 0.0790. The quantitative estimate of drug-likeness (QED) is 0.905. The molecule has 2 fully saturated rings. The van der Waals surface area contributed by atoms with E-state index >= 15 is 0 Å². The fourth-order valence-corrected chi connectivity index (χ4v) is 3.58. The van der Waals surface area contributed by atoms with Crippen LogP contribution in [0.5, 0.6) is 5.75 Å². The molecule has 0 bridgehead atoms. The van der Waals surface area contributed by atoms with E-state index < -0.39 is 0 Å². The number of ether oxygens (including phenoxy) is 1. The molecule has 0 unspecified atom stereocenters. The summed E-state index contributed by atoms with van der Waals surface area (Å²) in [6.07, 6.45) is 7.77. The number of nitrogens with zero attached hydrogens (tertiary/aromatic N) is 1. The Balaban J connectivity index is 1.39. The molecule has 1 aliphatic heterocycles. The van der Waals surface area contributed by atoms with Crippen LogP contribution in [0.3, 0.4) is 0 Å². The van der Waals surface area contributed by atoms with Crippen molar-refractivity contribution >= 4 is 6.03 Å². The van der Waals surface area contributed by atoms with E-state index in [1.807, 2.05) is 4.90 Å². The number of hydrogen-bond donors (Lipinski definition) is 1. The lowest BCUT2D eigenvalue weighted by Crippen LogP contribution is -2.48. The number of nitrogens with one attached hydrogen (secondary N) is 1. The molecule has 4 nitrogen and oxygen atoms in total. The number of benzene rings is 1. The molecule has 24 heavy (non-hydrogen) atoms. The van der Waals surface area contributed by atoms with Gasteiger partial charge in [0.15, 0.2) is 11.6 Å². The Morgan fingerprint density at radius 2 is 1.83 bits per heavy atom. The van der Waals surface area contributed by atoms with Gasteiger partial charge < -0.3 is 15.0 Å². The maximum atomic E-state index is 13.5. The van der Waals surface area contributed by atoms with Crippen LogP contribution in [0.1, 0.15) is 44.9 Å². The van der Waals surface area contributed by atoms with E-state index in [4.69, 9.17) is 4.74 Å². The number of urea groups is 1. The molecule has 3 rings (SSSR count). The topological polar surface area (TPSA) is 41.6 Å². The summed E-state index contributed by atoms with van der Waals surface area (Å²) in [5.41, 5.74) is 0. The molecule has 0 radical (unpaired) electrons. The number of para-hydroxylation sites is 1. The average molecular weight is 334 g/mol. The number of halogens is 1. The molecule has 1 aromatic carbocycles. The average Bonchev–Trinajstić information content (AvgIpc) is 2.62. The second kappa shape index (κ2) is 8.36. The van der Waals surface area contributed by atoms with Crippen molar-refractivity contribution in [2.75, 3.05) is 19.7 Å². The lowest BCUT2D eigenvalue weighted by Gasteiger charge is -2.33. The number of carbonyl (C=O) groups is 1. The first-order chi connectivity index (χ1) is 11.7. The van der Waals surface area contributed by atoms with Crippen molar-refractivity contribution in [2.24, 2.45) is 5.92 Å². The van der Waals surface area contributed by atoms with E-state index in [9.17, 15) is 9.18 Å². The van der Waals surface area contributed by atoms with E-state index in [-0.39, 0.29) is 11.8 Å². The summed E-state index contributed by atoms with van der Waals surface area (Å²) in [6.45, 7) is 2.02. The van der Waals surface area contributed by atoms with Crippen molar-refractivity contribution in [2.45, 2.75) is 51.0 Å². The maximum absolute atomic E-state index is 13.5. The largest absolute Gasteiger partial charge is 0.490 e. The minimum atomic E-state index is -0.318. The van der Waals surface area contributed by atoms with Crippen molar-refractivity contribution in [1.82, 2.24) is 10.2 Å². The SMILES string of the molecule is O=C(NC1CCCCC1)N1CCC(COc2ccccc2F)CC1. The highest BCUT2D eigenvalue weighted by atomic mass is 19.1. The standard InChI is InChI=1S/C19H27FN2O2/c20-17-8-4-5-9-18(17)24-14-15-10-12-22(13-11-15)19(23)21-16-6-2-1-3-7-16/h4-5,8-9,15-16H,1-3,6-7,10-14H2,(H,21,23). The third-order valence-corrected chi connectivity index (χ3v) is 5.15. The number of hydrogen-bond acceptors (Lipinski definition) is 2. The normalized spacial score (nSPS) is 20.0. The highest BCUT2D eigenvalue weighted by molar-refractivity contribution is 5.74. The Morgan fingerprint density at radius 3 is 2.54 bits per heavy atom. The van der Waals surface area contributed by atoms with E-state index in [0.717, 1.165) is 38.8 Å². The van der Waals surface area contributed by atoms with Crippen LogP contribution in [0, 0.1) is 11.7 Å². The zero-order chi connectivity index (χ0) is 16.8. The van der Waals surface area contributed by atoms with E-state index in [2.05, 4.69) is 5.32 Å². The fraction of sp³-hybridized carbons (Fsp3) is 0.632. The third-order valence-electron chi connectivity index (χ3n) is 5.15. The Morgan fingerprint density at radius 1 is 1.12 bits per heavy atom. The summed E-state index contributed by atoms with van der Waals surface area (Å²) < 4.78 is 19.1. The van der Waals surface area contributed by atoms with Gasteiger partial charge in [0.2, 0.25) is 0 Å². The lowest BCUT2D eigenvalue weighted by atomic mass is 9.95. The van der Waals surface area contributed by atoms with Crippen molar-refractivity contribution in [3.8, 4) is 5.75 Å². The van der Waals surface area contributed by atoms with Crippen LogP contribution in [0.15, 0.2) is 24.3 Å². The summed E-state index contributed by atoms with van der Waals surface area (Å²) in [5, 5.41) is 3.17. The van der Waals surface area contributed by atoms with Crippen LogP contribution in [0.2, 0.25) is 0 Å². The smallest absolute Gasteiger partial charge is 0.317 e. The Hall–Kier alpha value is -1.78. The number of likely N-dealkylation sites (tertiary alicyclic amines) is 1. The van der Waals surface area contributed by atoms with Gasteiger partial charge in [-0.3, -0.25) is 0 Å². The zero-order valence-electron chi connectivity index (χ0n) is 14.2. The molecule has 0 atom stereocenters. The fourth-order valence-electron chi connectivity index (χ4n) is 3.58. The van der Waals surface area contributed by atoms with Crippen LogP contribution < -0.4 is 10.1 Å². The van der Waals surface area contributed by atoms with Gasteiger partial charge in [0.1, 0.15) is 0 Å². The van der Waals surface area contributed by atoms with Crippen LogP contribution in [0.4, 0.5) is 9.18 Å². The van der Waals surface area contributed by atoms with Gasteiger partial charge in [-0.05, 0) is 43.7 Å². The molecule has 1 saturated heterocycles. The molecule has 0 aromatic heterocycles. The first-order valence-electron chi connectivity index (χ1n) is 9.15. The second-order valence-corrected chi connectivity index (χ2v) is 6.96. The number of amides is 2. The van der Waals surface area contributed by atoms with Crippen molar-refractivity contribution in [3.63, 3.8) is 0 Å². The summed E-state index contributed by atoms with van der Waals surface area (Å²) in [5.74, 6) is 0.375. The van der Waals surface area contributed by atoms with Gasteiger partial charge in [0.25, 0.3) is 0 Å². The van der Waals surface area contributed by atoms with E-state index in [1.165, 1.54) is 25.3 Å². The van der Waals surface area contributed by atoms with E-state index in [0.29, 0.717) is 24.3 Å². The zero-order valence-corrected chi connectivity index (χ0v) is 14.2. The Kier molecular flexibility index (Phi) is 5.94. The Labute approximate surface area is 143 Å². The van der Waals surface area contributed by atoms with Gasteiger partial charge in [-0.25, -0.2) is 9.18 Å². The van der Waals surface area contributed by atoms with Crippen molar-refractivity contribution < 1.29 is 13.9 Å². The second-order valence-electron chi connectivity index (χ2n) is 6.96. The Bertz CT molecular complexity index is 538. The number of rotatable bonds is 4. The molecule has 1 saturated carbocycles. The van der Waals surface area contributed by atoms with Crippen LogP contribution in [-0.2, 0) is 0 Å². The monoisotopic (exact) mass is 334 g/mol. The predicted molar refractivity (Wildman–Crippen MR) is 91.6 cm³/mol. The molecular formula is C19H27FN2O2. The summed E-state index contributed by atoms with van der Waals surface area (Å²) in [6, 6.07) is 6.93. The lowest BCUT2D eigenvalue weighted by molar-refractivity contribution is 0.140. The van der Waals surface area contributed by atoms with Crippen molar-refractivity contribution in [1.29, 1.82) is 0 Å². The molecule has 2 amide bonds. The first-order valence-corrected chi connectivity index (χ1v) is 9.15. The summed E-state index contributed by atoms with van der Waals surface area (Å²) in [7, 11) is 0. The maximum Gasteiger partial charge on any atom is 0.317 e. The van der Waals surface area contributed by atoms with Crippen LogP contribution in [-0.4, -0.2) is 36.7 Å².